The van der Waals surface area contributed by atoms with Crippen molar-refractivity contribution in [1.82, 2.24) is 10.6 Å². The standard InChI is InChI=1S/C25H26N2O5S/c1-17(16-32-21-12-10-20(31-3)11-13-21)26-25(29)23(15-22-5-4-14-33-22)27-24(28)18-6-8-19(30-2)9-7-18/h4-15,17H,16H2,1-3H3,(H,26,29)(H,27,28)/b23-15-. The Morgan fingerprint density at radius 3 is 2.12 bits per heavy atom. The number of carbonyl (C=O) groups excluding carboxylic acids is 2. The molecular weight excluding hydrogens is 440 g/mol. The Labute approximate surface area is 197 Å². The third-order valence-electron chi connectivity index (χ3n) is 4.61. The molecule has 0 radical (unpaired) electrons. The predicted molar refractivity (Wildman–Crippen MR) is 129 cm³/mol. The maximum absolute atomic E-state index is 13.0. The zero-order valence-electron chi connectivity index (χ0n) is 18.7. The zero-order valence-corrected chi connectivity index (χ0v) is 19.5. The van der Waals surface area contributed by atoms with Crippen LogP contribution in [-0.2, 0) is 4.79 Å². The molecule has 1 aromatic heterocycles. The summed E-state index contributed by atoms with van der Waals surface area (Å²) in [4.78, 5) is 26.5. The SMILES string of the molecule is COc1ccc(OCC(C)NC(=O)/C(=C/c2cccs2)NC(=O)c2ccc(OC)cc2)cc1. The van der Waals surface area contributed by atoms with Crippen LogP contribution in [0.4, 0.5) is 0 Å². The van der Waals surface area contributed by atoms with Gasteiger partial charge in [0, 0.05) is 10.4 Å². The van der Waals surface area contributed by atoms with E-state index in [2.05, 4.69) is 10.6 Å². The maximum Gasteiger partial charge on any atom is 0.268 e. The molecular formula is C25H26N2O5S. The van der Waals surface area contributed by atoms with Crippen LogP contribution in [0.25, 0.3) is 6.08 Å². The third kappa shape index (κ3) is 7.11. The number of ether oxygens (including phenoxy) is 3. The van der Waals surface area contributed by atoms with Crippen LogP contribution in [0.2, 0.25) is 0 Å². The number of hydrogen-bond donors (Lipinski definition) is 2. The van der Waals surface area contributed by atoms with Gasteiger partial charge in [-0.2, -0.15) is 0 Å². The smallest absolute Gasteiger partial charge is 0.268 e. The monoisotopic (exact) mass is 466 g/mol. The van der Waals surface area contributed by atoms with Crippen LogP contribution in [-0.4, -0.2) is 38.7 Å². The lowest BCUT2D eigenvalue weighted by Crippen LogP contribution is -2.41. The van der Waals surface area contributed by atoms with Gasteiger partial charge in [-0.3, -0.25) is 9.59 Å². The fraction of sp³-hybridized carbons (Fsp3) is 0.200. The summed E-state index contributed by atoms with van der Waals surface area (Å²) in [6, 6.07) is 17.3. The van der Waals surface area contributed by atoms with Crippen molar-refractivity contribution in [3.05, 3.63) is 82.2 Å². The van der Waals surface area contributed by atoms with E-state index in [4.69, 9.17) is 14.2 Å². The quantitative estimate of drug-likeness (QED) is 0.439. The largest absolute Gasteiger partial charge is 0.497 e. The fourth-order valence-corrected chi connectivity index (χ4v) is 3.50. The van der Waals surface area contributed by atoms with Gasteiger partial charge in [-0.05, 0) is 73.0 Å². The highest BCUT2D eigenvalue weighted by atomic mass is 32.1. The number of methoxy groups -OCH3 is 2. The molecule has 8 heteroatoms. The predicted octanol–water partition coefficient (Wildman–Crippen LogP) is 4.12. The lowest BCUT2D eigenvalue weighted by atomic mass is 10.2. The Bertz CT molecular complexity index is 1080. The van der Waals surface area contributed by atoms with Crippen LogP contribution < -0.4 is 24.8 Å². The molecule has 2 N–H and O–H groups in total. The molecule has 0 saturated carbocycles. The number of carbonyl (C=O) groups is 2. The Hall–Kier alpha value is -3.78. The van der Waals surface area contributed by atoms with Gasteiger partial charge in [-0.1, -0.05) is 6.07 Å². The Kier molecular flexibility index (Phi) is 8.49. The molecule has 172 valence electrons. The van der Waals surface area contributed by atoms with Gasteiger partial charge in [0.15, 0.2) is 0 Å². The maximum atomic E-state index is 13.0. The molecule has 7 nitrogen and oxygen atoms in total. The van der Waals surface area contributed by atoms with E-state index < -0.39 is 11.8 Å². The summed E-state index contributed by atoms with van der Waals surface area (Å²) >= 11 is 1.47. The molecule has 3 aromatic rings. The highest BCUT2D eigenvalue weighted by Gasteiger charge is 2.17. The number of benzene rings is 2. The first kappa shape index (κ1) is 23.9. The van der Waals surface area contributed by atoms with Crippen LogP contribution in [0, 0.1) is 0 Å². The Morgan fingerprint density at radius 1 is 0.939 bits per heavy atom. The number of amides is 2. The van der Waals surface area contributed by atoms with Crippen LogP contribution in [0.3, 0.4) is 0 Å². The van der Waals surface area contributed by atoms with Gasteiger partial charge in [0.25, 0.3) is 11.8 Å². The molecule has 0 saturated heterocycles. The minimum atomic E-state index is -0.406. The highest BCUT2D eigenvalue weighted by molar-refractivity contribution is 7.10. The van der Waals surface area contributed by atoms with Crippen molar-refractivity contribution in [1.29, 1.82) is 0 Å². The Balaban J connectivity index is 1.65. The zero-order chi connectivity index (χ0) is 23.6. The highest BCUT2D eigenvalue weighted by Crippen LogP contribution is 2.17. The Morgan fingerprint density at radius 2 is 1.55 bits per heavy atom. The van der Waals surface area contributed by atoms with Crippen LogP contribution in [0.5, 0.6) is 17.2 Å². The van der Waals surface area contributed by atoms with Crippen molar-refractivity contribution < 1.29 is 23.8 Å². The molecule has 0 aliphatic rings. The second-order valence-corrected chi connectivity index (χ2v) is 8.10. The molecule has 1 atom stereocenters. The summed E-state index contributed by atoms with van der Waals surface area (Å²) in [5, 5.41) is 7.50. The average Bonchev–Trinajstić information content (AvgIpc) is 3.35. The molecule has 1 unspecified atom stereocenters. The lowest BCUT2D eigenvalue weighted by molar-refractivity contribution is -0.118. The van der Waals surface area contributed by atoms with Gasteiger partial charge in [0.1, 0.15) is 29.6 Å². The van der Waals surface area contributed by atoms with Crippen LogP contribution >= 0.6 is 11.3 Å². The van der Waals surface area contributed by atoms with Gasteiger partial charge >= 0.3 is 0 Å². The molecule has 3 rings (SSSR count). The topological polar surface area (TPSA) is 85.9 Å². The third-order valence-corrected chi connectivity index (χ3v) is 5.43. The van der Waals surface area contributed by atoms with E-state index in [1.807, 2.05) is 24.4 Å². The van der Waals surface area contributed by atoms with Crippen molar-refractivity contribution in [2.24, 2.45) is 0 Å². The van der Waals surface area contributed by atoms with Crippen LogP contribution in [0.15, 0.2) is 71.7 Å². The minimum absolute atomic E-state index is 0.148. The van der Waals surface area contributed by atoms with E-state index in [1.165, 1.54) is 11.3 Å². The van der Waals surface area contributed by atoms with Gasteiger partial charge in [-0.25, -0.2) is 0 Å². The van der Waals surface area contributed by atoms with Gasteiger partial charge in [0.2, 0.25) is 0 Å². The number of nitrogens with one attached hydrogen (secondary N) is 2. The summed E-state index contributed by atoms with van der Waals surface area (Å²) in [5.74, 6) is 1.25. The fourth-order valence-electron chi connectivity index (χ4n) is 2.85. The molecule has 1 heterocycles. The molecule has 0 spiro atoms. The van der Waals surface area contributed by atoms with E-state index in [1.54, 1.807) is 68.8 Å². The first-order chi connectivity index (χ1) is 16.0. The number of rotatable bonds is 10. The van der Waals surface area contributed by atoms with Crippen molar-refractivity contribution in [3.8, 4) is 17.2 Å². The first-order valence-corrected chi connectivity index (χ1v) is 11.1. The van der Waals surface area contributed by atoms with Gasteiger partial charge in [-0.15, -0.1) is 11.3 Å². The first-order valence-electron chi connectivity index (χ1n) is 10.3. The minimum Gasteiger partial charge on any atom is -0.497 e. The summed E-state index contributed by atoms with van der Waals surface area (Å²) < 4.78 is 16.0. The summed E-state index contributed by atoms with van der Waals surface area (Å²) in [7, 11) is 3.16. The van der Waals surface area contributed by atoms with Crippen molar-refractivity contribution in [2.45, 2.75) is 13.0 Å². The normalized spacial score (nSPS) is 11.9. The van der Waals surface area contributed by atoms with Gasteiger partial charge in [0.05, 0.1) is 20.3 Å². The summed E-state index contributed by atoms with van der Waals surface area (Å²) in [6.07, 6.45) is 1.65. The molecule has 2 aromatic carbocycles. The van der Waals surface area contributed by atoms with Gasteiger partial charge < -0.3 is 24.8 Å². The second-order valence-electron chi connectivity index (χ2n) is 7.12. The van der Waals surface area contributed by atoms with E-state index in [0.29, 0.717) is 17.1 Å². The van der Waals surface area contributed by atoms with E-state index in [-0.39, 0.29) is 18.3 Å². The molecule has 33 heavy (non-hydrogen) atoms. The lowest BCUT2D eigenvalue weighted by Gasteiger charge is -2.17. The molecule has 0 fully saturated rings. The van der Waals surface area contributed by atoms with E-state index in [9.17, 15) is 9.59 Å². The second kappa shape index (κ2) is 11.7. The number of thiophene rings is 1. The average molecular weight is 467 g/mol. The number of hydrogen-bond acceptors (Lipinski definition) is 6. The summed E-state index contributed by atoms with van der Waals surface area (Å²) in [5.41, 5.74) is 0.561. The van der Waals surface area contributed by atoms with E-state index >= 15 is 0 Å². The van der Waals surface area contributed by atoms with Crippen molar-refractivity contribution >= 4 is 29.2 Å². The van der Waals surface area contributed by atoms with Crippen molar-refractivity contribution in [2.75, 3.05) is 20.8 Å². The van der Waals surface area contributed by atoms with Crippen molar-refractivity contribution in [3.63, 3.8) is 0 Å². The molecule has 0 aliphatic carbocycles. The van der Waals surface area contributed by atoms with Crippen LogP contribution in [0.1, 0.15) is 22.2 Å². The molecule has 2 amide bonds. The van der Waals surface area contributed by atoms with E-state index in [0.717, 1.165) is 10.6 Å². The summed E-state index contributed by atoms with van der Waals surface area (Å²) in [6.45, 7) is 2.09. The molecule has 0 aliphatic heterocycles. The molecule has 0 bridgehead atoms.